The van der Waals surface area contributed by atoms with Crippen molar-refractivity contribution in [2.75, 3.05) is 34.4 Å². The van der Waals surface area contributed by atoms with Crippen LogP contribution in [0.5, 0.6) is 11.5 Å². The standard InChI is InChI=1S/C23H29N5O2.HI/c1-24-23(25-10-6-11-28-16-26-19-7-4-5-8-20(19)28)27-12-9-17-13-21(29-2)22(30-3)14-18(17)15-27;/h4-5,7-8,13-14,16H,6,9-12,15H2,1-3H3,(H,24,25);1H. The van der Waals surface area contributed by atoms with Gasteiger partial charge in [0.25, 0.3) is 0 Å². The number of para-hydroxylation sites is 2. The van der Waals surface area contributed by atoms with E-state index in [-0.39, 0.29) is 24.0 Å². The van der Waals surface area contributed by atoms with E-state index in [2.05, 4.69) is 49.0 Å². The zero-order valence-corrected chi connectivity index (χ0v) is 20.6. The van der Waals surface area contributed by atoms with Crippen LogP contribution in [0.4, 0.5) is 0 Å². The molecule has 0 amide bonds. The minimum Gasteiger partial charge on any atom is -0.493 e. The molecule has 2 aromatic carbocycles. The van der Waals surface area contributed by atoms with Crippen LogP contribution in [0.2, 0.25) is 0 Å². The number of fused-ring (bicyclic) bond motifs is 2. The summed E-state index contributed by atoms with van der Waals surface area (Å²) in [5, 5.41) is 3.52. The first-order valence-corrected chi connectivity index (χ1v) is 10.3. The molecule has 0 bridgehead atoms. The number of nitrogens with one attached hydrogen (secondary N) is 1. The fourth-order valence-electron chi connectivity index (χ4n) is 4.03. The predicted octanol–water partition coefficient (Wildman–Crippen LogP) is 3.70. The van der Waals surface area contributed by atoms with Crippen LogP contribution in [0.15, 0.2) is 47.7 Å². The molecule has 166 valence electrons. The quantitative estimate of drug-likeness (QED) is 0.226. The Kier molecular flexibility index (Phi) is 8.00. The summed E-state index contributed by atoms with van der Waals surface area (Å²) in [6, 6.07) is 12.4. The van der Waals surface area contributed by atoms with Gasteiger partial charge < -0.3 is 24.3 Å². The second kappa shape index (κ2) is 10.7. The molecule has 31 heavy (non-hydrogen) atoms. The van der Waals surface area contributed by atoms with Crippen molar-refractivity contribution in [3.05, 3.63) is 53.9 Å². The van der Waals surface area contributed by atoms with Gasteiger partial charge in [-0.15, -0.1) is 24.0 Å². The van der Waals surface area contributed by atoms with Gasteiger partial charge in [-0.05, 0) is 48.2 Å². The molecule has 4 rings (SSSR count). The van der Waals surface area contributed by atoms with E-state index >= 15 is 0 Å². The van der Waals surface area contributed by atoms with Crippen molar-refractivity contribution in [2.24, 2.45) is 4.99 Å². The number of hydrogen-bond donors (Lipinski definition) is 1. The number of guanidine groups is 1. The number of nitrogens with zero attached hydrogens (tertiary/aromatic N) is 4. The number of hydrogen-bond acceptors (Lipinski definition) is 4. The fraction of sp³-hybridized carbons (Fsp3) is 0.391. The summed E-state index contributed by atoms with van der Waals surface area (Å²) in [4.78, 5) is 11.3. The van der Waals surface area contributed by atoms with Gasteiger partial charge in [-0.1, -0.05) is 12.1 Å². The number of aromatic nitrogens is 2. The van der Waals surface area contributed by atoms with Gasteiger partial charge in [0.15, 0.2) is 17.5 Å². The maximum Gasteiger partial charge on any atom is 0.193 e. The van der Waals surface area contributed by atoms with Crippen LogP contribution < -0.4 is 14.8 Å². The van der Waals surface area contributed by atoms with Gasteiger partial charge in [-0.3, -0.25) is 4.99 Å². The monoisotopic (exact) mass is 535 g/mol. The summed E-state index contributed by atoms with van der Waals surface area (Å²) in [6.45, 7) is 3.51. The molecule has 0 saturated carbocycles. The minimum atomic E-state index is 0. The summed E-state index contributed by atoms with van der Waals surface area (Å²) in [7, 11) is 5.20. The molecule has 0 atom stereocenters. The summed E-state index contributed by atoms with van der Waals surface area (Å²) in [5.74, 6) is 2.50. The number of benzene rings is 2. The first kappa shape index (κ1) is 23.2. The first-order chi connectivity index (χ1) is 14.7. The highest BCUT2D eigenvalue weighted by molar-refractivity contribution is 14.0. The van der Waals surface area contributed by atoms with E-state index in [0.717, 1.165) is 62.0 Å². The maximum absolute atomic E-state index is 5.47. The molecule has 8 heteroatoms. The van der Waals surface area contributed by atoms with Gasteiger partial charge in [0.05, 0.1) is 31.6 Å². The second-order valence-electron chi connectivity index (χ2n) is 7.40. The summed E-state index contributed by atoms with van der Waals surface area (Å²) in [5.41, 5.74) is 4.79. The van der Waals surface area contributed by atoms with Crippen LogP contribution in [0.25, 0.3) is 11.0 Å². The normalized spacial score (nSPS) is 13.5. The van der Waals surface area contributed by atoms with Crippen molar-refractivity contribution in [1.29, 1.82) is 0 Å². The van der Waals surface area contributed by atoms with Gasteiger partial charge in [0.1, 0.15) is 0 Å². The molecular weight excluding hydrogens is 505 g/mol. The van der Waals surface area contributed by atoms with Crippen LogP contribution in [0.3, 0.4) is 0 Å². The topological polar surface area (TPSA) is 63.9 Å². The molecule has 0 unspecified atom stereocenters. The second-order valence-corrected chi connectivity index (χ2v) is 7.40. The smallest absolute Gasteiger partial charge is 0.193 e. The summed E-state index contributed by atoms with van der Waals surface area (Å²) < 4.78 is 13.1. The van der Waals surface area contributed by atoms with E-state index in [4.69, 9.17) is 9.47 Å². The third-order valence-electron chi connectivity index (χ3n) is 5.62. The zero-order valence-electron chi connectivity index (χ0n) is 18.3. The lowest BCUT2D eigenvalue weighted by Gasteiger charge is -2.32. The molecule has 0 aliphatic carbocycles. The lowest BCUT2D eigenvalue weighted by atomic mass is 9.99. The molecule has 0 radical (unpaired) electrons. The molecular formula is C23H30IN5O2. The number of rotatable bonds is 6. The van der Waals surface area contributed by atoms with Gasteiger partial charge in [-0.25, -0.2) is 4.98 Å². The van der Waals surface area contributed by atoms with E-state index in [1.54, 1.807) is 14.2 Å². The highest BCUT2D eigenvalue weighted by Crippen LogP contribution is 2.33. The van der Waals surface area contributed by atoms with Crippen molar-refractivity contribution >= 4 is 41.0 Å². The SMILES string of the molecule is CN=C(NCCCn1cnc2ccccc21)N1CCc2cc(OC)c(OC)cc2C1.I. The molecule has 1 aliphatic rings. The Balaban J connectivity index is 0.00000272. The zero-order chi connectivity index (χ0) is 20.9. The maximum atomic E-state index is 5.47. The number of aliphatic imine (C=N–C) groups is 1. The average molecular weight is 535 g/mol. The van der Waals surface area contributed by atoms with Crippen LogP contribution in [0.1, 0.15) is 17.5 Å². The average Bonchev–Trinajstić information content (AvgIpc) is 3.21. The van der Waals surface area contributed by atoms with Crippen molar-refractivity contribution in [3.63, 3.8) is 0 Å². The third kappa shape index (κ3) is 5.06. The number of halogens is 1. The molecule has 0 spiro atoms. The van der Waals surface area contributed by atoms with Crippen molar-refractivity contribution in [1.82, 2.24) is 19.8 Å². The number of imidazole rings is 1. The predicted molar refractivity (Wildman–Crippen MR) is 135 cm³/mol. The Morgan fingerprint density at radius 3 is 2.61 bits per heavy atom. The van der Waals surface area contributed by atoms with Crippen LogP contribution in [-0.4, -0.2) is 54.8 Å². The van der Waals surface area contributed by atoms with Crippen LogP contribution in [0, 0.1) is 0 Å². The Morgan fingerprint density at radius 2 is 1.87 bits per heavy atom. The molecule has 7 nitrogen and oxygen atoms in total. The Hall–Kier alpha value is -2.49. The van der Waals surface area contributed by atoms with Gasteiger partial charge >= 0.3 is 0 Å². The molecule has 2 heterocycles. The van der Waals surface area contributed by atoms with Crippen LogP contribution >= 0.6 is 24.0 Å². The number of methoxy groups -OCH3 is 2. The summed E-state index contributed by atoms with van der Waals surface area (Å²) in [6.07, 6.45) is 3.87. The molecule has 0 saturated heterocycles. The molecule has 0 fully saturated rings. The first-order valence-electron chi connectivity index (χ1n) is 10.3. The van der Waals surface area contributed by atoms with E-state index in [0.29, 0.717) is 0 Å². The van der Waals surface area contributed by atoms with Gasteiger partial charge in [-0.2, -0.15) is 0 Å². The highest BCUT2D eigenvalue weighted by Gasteiger charge is 2.21. The number of aryl methyl sites for hydroxylation is 1. The Bertz CT molecular complexity index is 1050. The van der Waals surface area contributed by atoms with Crippen molar-refractivity contribution < 1.29 is 9.47 Å². The lowest BCUT2D eigenvalue weighted by Crippen LogP contribution is -2.44. The highest BCUT2D eigenvalue weighted by atomic mass is 127. The molecule has 1 aliphatic heterocycles. The van der Waals surface area contributed by atoms with Crippen molar-refractivity contribution in [2.45, 2.75) is 25.9 Å². The molecule has 1 aromatic heterocycles. The van der Waals surface area contributed by atoms with E-state index in [1.165, 1.54) is 16.6 Å². The summed E-state index contributed by atoms with van der Waals surface area (Å²) >= 11 is 0. The van der Waals surface area contributed by atoms with Crippen molar-refractivity contribution in [3.8, 4) is 11.5 Å². The van der Waals surface area contributed by atoms with E-state index in [9.17, 15) is 0 Å². The van der Waals surface area contributed by atoms with E-state index in [1.807, 2.05) is 25.5 Å². The van der Waals surface area contributed by atoms with E-state index < -0.39 is 0 Å². The minimum absolute atomic E-state index is 0. The van der Waals surface area contributed by atoms with Gasteiger partial charge in [0.2, 0.25) is 0 Å². The third-order valence-corrected chi connectivity index (χ3v) is 5.62. The molecule has 1 N–H and O–H groups in total. The number of ether oxygens (including phenoxy) is 2. The Morgan fingerprint density at radius 1 is 1.13 bits per heavy atom. The fourth-order valence-corrected chi connectivity index (χ4v) is 4.03. The largest absolute Gasteiger partial charge is 0.493 e. The molecule has 3 aromatic rings. The van der Waals surface area contributed by atoms with Gasteiger partial charge in [0, 0.05) is 33.2 Å². The van der Waals surface area contributed by atoms with Crippen LogP contribution in [-0.2, 0) is 19.5 Å². The lowest BCUT2D eigenvalue weighted by molar-refractivity contribution is 0.346. The Labute approximate surface area is 200 Å².